The van der Waals surface area contributed by atoms with E-state index in [4.69, 9.17) is 23.2 Å². The van der Waals surface area contributed by atoms with Crippen LogP contribution in [-0.4, -0.2) is 19.7 Å². The van der Waals surface area contributed by atoms with Crippen LogP contribution in [0.4, 0.5) is 0 Å². The van der Waals surface area contributed by atoms with E-state index in [1.807, 2.05) is 30.3 Å². The molecule has 0 amide bonds. The zero-order chi connectivity index (χ0) is 16.2. The van der Waals surface area contributed by atoms with Gasteiger partial charge in [0.25, 0.3) is 0 Å². The third kappa shape index (κ3) is 3.86. The average molecular weight is 365 g/mol. The summed E-state index contributed by atoms with van der Waals surface area (Å²) in [4.78, 5) is 4.09. The molecule has 0 unspecified atom stereocenters. The van der Waals surface area contributed by atoms with E-state index in [9.17, 15) is 0 Å². The molecule has 23 heavy (non-hydrogen) atoms. The SMILES string of the molecule is CCn1c(SCc2ccc(Cl)nc2)nnc1-c1ccc(Cl)cc1. The van der Waals surface area contributed by atoms with Crippen molar-refractivity contribution in [3.8, 4) is 11.4 Å². The minimum atomic E-state index is 0.500. The Hall–Kier alpha value is -1.56. The summed E-state index contributed by atoms with van der Waals surface area (Å²) in [5.41, 5.74) is 2.10. The van der Waals surface area contributed by atoms with Crippen LogP contribution in [0.3, 0.4) is 0 Å². The zero-order valence-corrected chi connectivity index (χ0v) is 14.7. The molecule has 3 rings (SSSR count). The molecule has 2 aromatic heterocycles. The molecule has 0 fully saturated rings. The monoisotopic (exact) mass is 364 g/mol. The Labute approximate surface area is 148 Å². The molecule has 0 N–H and O–H groups in total. The molecule has 0 atom stereocenters. The van der Waals surface area contributed by atoms with E-state index in [-0.39, 0.29) is 0 Å². The first kappa shape index (κ1) is 16.3. The van der Waals surface area contributed by atoms with Gasteiger partial charge in [0.2, 0.25) is 0 Å². The van der Waals surface area contributed by atoms with Crippen molar-refractivity contribution in [1.82, 2.24) is 19.7 Å². The minimum Gasteiger partial charge on any atom is -0.302 e. The van der Waals surface area contributed by atoms with Gasteiger partial charge in [-0.25, -0.2) is 4.98 Å². The number of halogens is 2. The van der Waals surface area contributed by atoms with Gasteiger partial charge in [-0.1, -0.05) is 41.0 Å². The van der Waals surface area contributed by atoms with Crippen LogP contribution in [0.2, 0.25) is 10.2 Å². The third-order valence-corrected chi connectivity index (χ3v) is 4.81. The topological polar surface area (TPSA) is 43.6 Å². The summed E-state index contributed by atoms with van der Waals surface area (Å²) >= 11 is 13.4. The molecule has 0 bridgehead atoms. The van der Waals surface area contributed by atoms with Crippen LogP contribution < -0.4 is 0 Å². The highest BCUT2D eigenvalue weighted by Crippen LogP contribution is 2.27. The van der Waals surface area contributed by atoms with E-state index < -0.39 is 0 Å². The lowest BCUT2D eigenvalue weighted by molar-refractivity contribution is 0.687. The van der Waals surface area contributed by atoms with Gasteiger partial charge >= 0.3 is 0 Å². The molecule has 0 radical (unpaired) electrons. The van der Waals surface area contributed by atoms with Crippen LogP contribution >= 0.6 is 35.0 Å². The Kier molecular flexibility index (Phi) is 5.20. The molecule has 0 aliphatic rings. The van der Waals surface area contributed by atoms with E-state index in [0.717, 1.165) is 34.4 Å². The van der Waals surface area contributed by atoms with Crippen LogP contribution in [0.1, 0.15) is 12.5 Å². The van der Waals surface area contributed by atoms with Gasteiger partial charge in [-0.2, -0.15) is 0 Å². The van der Waals surface area contributed by atoms with Crippen LogP contribution in [-0.2, 0) is 12.3 Å². The first-order valence-corrected chi connectivity index (χ1v) is 8.84. The van der Waals surface area contributed by atoms with E-state index in [0.29, 0.717) is 10.2 Å². The molecule has 0 saturated carbocycles. The summed E-state index contributed by atoms with van der Waals surface area (Å²) in [5, 5.41) is 10.7. The first-order valence-electron chi connectivity index (χ1n) is 7.09. The van der Waals surface area contributed by atoms with Crippen molar-refractivity contribution in [1.29, 1.82) is 0 Å². The highest BCUT2D eigenvalue weighted by molar-refractivity contribution is 7.98. The molecule has 4 nitrogen and oxygen atoms in total. The molecule has 118 valence electrons. The van der Waals surface area contributed by atoms with Gasteiger partial charge in [-0.3, -0.25) is 0 Å². The Morgan fingerprint density at radius 3 is 2.48 bits per heavy atom. The number of aromatic nitrogens is 4. The smallest absolute Gasteiger partial charge is 0.191 e. The number of pyridine rings is 1. The maximum Gasteiger partial charge on any atom is 0.191 e. The molecule has 0 aliphatic heterocycles. The third-order valence-electron chi connectivity index (χ3n) is 3.29. The van der Waals surface area contributed by atoms with E-state index in [1.54, 1.807) is 24.0 Å². The predicted molar refractivity (Wildman–Crippen MR) is 95.0 cm³/mol. The molecule has 7 heteroatoms. The van der Waals surface area contributed by atoms with Crippen LogP contribution in [0.5, 0.6) is 0 Å². The molecule has 0 aliphatic carbocycles. The molecule has 2 heterocycles. The molecule has 1 aromatic carbocycles. The van der Waals surface area contributed by atoms with Crippen molar-refractivity contribution in [2.24, 2.45) is 0 Å². The second-order valence-corrected chi connectivity index (χ2v) is 6.60. The Morgan fingerprint density at radius 2 is 1.83 bits per heavy atom. The van der Waals surface area contributed by atoms with Gasteiger partial charge < -0.3 is 4.57 Å². The van der Waals surface area contributed by atoms with Crippen LogP contribution in [0.15, 0.2) is 47.8 Å². The summed E-state index contributed by atoms with van der Waals surface area (Å²) < 4.78 is 2.09. The summed E-state index contributed by atoms with van der Waals surface area (Å²) in [6.07, 6.45) is 1.78. The minimum absolute atomic E-state index is 0.500. The fourth-order valence-electron chi connectivity index (χ4n) is 2.13. The standard InChI is InChI=1S/C16H14Cl2N4S/c1-2-22-15(12-4-6-13(17)7-5-12)20-21-16(22)23-10-11-3-8-14(18)19-9-11/h3-9H,2,10H2,1H3. The van der Waals surface area contributed by atoms with Gasteiger partial charge in [0.1, 0.15) is 5.15 Å². The second-order valence-electron chi connectivity index (χ2n) is 4.84. The van der Waals surface area contributed by atoms with Crippen molar-refractivity contribution in [3.63, 3.8) is 0 Å². The number of benzene rings is 1. The molecular weight excluding hydrogens is 351 g/mol. The predicted octanol–water partition coefficient (Wildman–Crippen LogP) is 4.96. The van der Waals surface area contributed by atoms with E-state index in [1.165, 1.54) is 0 Å². The lowest BCUT2D eigenvalue weighted by atomic mass is 10.2. The largest absolute Gasteiger partial charge is 0.302 e. The first-order chi connectivity index (χ1) is 11.2. The molecule has 0 saturated heterocycles. The zero-order valence-electron chi connectivity index (χ0n) is 12.4. The summed E-state index contributed by atoms with van der Waals surface area (Å²) in [6, 6.07) is 11.4. The Bertz CT molecular complexity index is 785. The van der Waals surface area contributed by atoms with E-state index in [2.05, 4.69) is 26.7 Å². The van der Waals surface area contributed by atoms with Gasteiger partial charge in [-0.05, 0) is 42.8 Å². The average Bonchev–Trinajstić information content (AvgIpc) is 2.98. The van der Waals surface area contributed by atoms with Crippen LogP contribution in [0, 0.1) is 0 Å². The number of rotatable bonds is 5. The summed E-state index contributed by atoms with van der Waals surface area (Å²) in [5.74, 6) is 1.61. The normalized spacial score (nSPS) is 10.9. The lowest BCUT2D eigenvalue weighted by Crippen LogP contribution is -1.99. The Morgan fingerprint density at radius 1 is 1.04 bits per heavy atom. The fraction of sp³-hybridized carbons (Fsp3) is 0.188. The summed E-state index contributed by atoms with van der Waals surface area (Å²) in [7, 11) is 0. The van der Waals surface area contributed by atoms with E-state index >= 15 is 0 Å². The molecule has 3 aromatic rings. The maximum atomic E-state index is 5.94. The van der Waals surface area contributed by atoms with Crippen LogP contribution in [0.25, 0.3) is 11.4 Å². The highest BCUT2D eigenvalue weighted by Gasteiger charge is 2.13. The Balaban J connectivity index is 1.80. The van der Waals surface area contributed by atoms with Gasteiger partial charge in [0.15, 0.2) is 11.0 Å². The summed E-state index contributed by atoms with van der Waals surface area (Å²) in [6.45, 7) is 2.88. The number of hydrogen-bond donors (Lipinski definition) is 0. The maximum absolute atomic E-state index is 5.94. The van der Waals surface area contributed by atoms with Gasteiger partial charge in [0.05, 0.1) is 0 Å². The van der Waals surface area contributed by atoms with Crippen molar-refractivity contribution in [3.05, 3.63) is 58.3 Å². The van der Waals surface area contributed by atoms with Crippen molar-refractivity contribution in [2.45, 2.75) is 24.4 Å². The van der Waals surface area contributed by atoms with Crippen molar-refractivity contribution >= 4 is 35.0 Å². The van der Waals surface area contributed by atoms with Crippen molar-refractivity contribution < 1.29 is 0 Å². The lowest BCUT2D eigenvalue weighted by Gasteiger charge is -2.07. The van der Waals surface area contributed by atoms with Gasteiger partial charge in [0, 0.05) is 29.1 Å². The van der Waals surface area contributed by atoms with Crippen molar-refractivity contribution in [2.75, 3.05) is 0 Å². The van der Waals surface area contributed by atoms with Gasteiger partial charge in [-0.15, -0.1) is 10.2 Å². The quantitative estimate of drug-likeness (QED) is 0.474. The number of nitrogens with zero attached hydrogens (tertiary/aromatic N) is 4. The fourth-order valence-corrected chi connectivity index (χ4v) is 3.31. The second kappa shape index (κ2) is 7.34. The number of hydrogen-bond acceptors (Lipinski definition) is 4. The molecular formula is C16H14Cl2N4S. The highest BCUT2D eigenvalue weighted by atomic mass is 35.5. The molecule has 0 spiro atoms. The number of thioether (sulfide) groups is 1.